The first kappa shape index (κ1) is 23.1. The Morgan fingerprint density at radius 2 is 1.81 bits per heavy atom. The van der Waals surface area contributed by atoms with E-state index in [2.05, 4.69) is 0 Å². The lowest BCUT2D eigenvalue weighted by atomic mass is 9.82. The maximum absolute atomic E-state index is 13.9. The molecule has 3 rings (SSSR count). The average molecular weight is 435 g/mol. The molecule has 31 heavy (non-hydrogen) atoms. The van der Waals surface area contributed by atoms with E-state index in [-0.39, 0.29) is 29.9 Å². The Labute approximate surface area is 181 Å². The van der Waals surface area contributed by atoms with Crippen molar-refractivity contribution in [2.75, 3.05) is 32.6 Å². The van der Waals surface area contributed by atoms with Crippen molar-refractivity contribution in [3.63, 3.8) is 0 Å². The number of rotatable bonds is 5. The third-order valence-corrected chi connectivity index (χ3v) is 6.30. The fourth-order valence-corrected chi connectivity index (χ4v) is 4.11. The van der Waals surface area contributed by atoms with Crippen molar-refractivity contribution in [1.82, 2.24) is 4.90 Å². The molecule has 0 saturated heterocycles. The van der Waals surface area contributed by atoms with Crippen LogP contribution in [0.5, 0.6) is 5.75 Å². The van der Waals surface area contributed by atoms with Crippen molar-refractivity contribution in [2.45, 2.75) is 38.4 Å². The van der Waals surface area contributed by atoms with Gasteiger partial charge in [-0.05, 0) is 68.8 Å². The van der Waals surface area contributed by atoms with Gasteiger partial charge in [0.2, 0.25) is 5.91 Å². The number of methoxy groups -OCH3 is 1. The van der Waals surface area contributed by atoms with Crippen molar-refractivity contribution in [3.05, 3.63) is 59.2 Å². The zero-order chi connectivity index (χ0) is 22.9. The number of fused-ring (bicyclic) bond motifs is 1. The van der Waals surface area contributed by atoms with Crippen LogP contribution in [-0.2, 0) is 17.4 Å². The number of benzene rings is 2. The van der Waals surface area contributed by atoms with E-state index in [4.69, 9.17) is 4.74 Å². The molecule has 1 unspecified atom stereocenters. The number of halogens is 3. The van der Waals surface area contributed by atoms with Crippen molar-refractivity contribution >= 4 is 11.6 Å². The molecule has 168 valence electrons. The van der Waals surface area contributed by atoms with Gasteiger partial charge < -0.3 is 14.5 Å². The highest BCUT2D eigenvalue weighted by molar-refractivity contribution is 5.97. The predicted molar refractivity (Wildman–Crippen MR) is 116 cm³/mol. The molecule has 0 aromatic heterocycles. The predicted octanol–water partition coefficient (Wildman–Crippen LogP) is 4.97. The SMILES string of the molecule is COc1ccc([C@H]2Cc3c(cccc3C(F)(F)F)N(CC(C)N(C)C)C(=O)[C@H]2C)cc1. The number of alkyl halides is 3. The molecule has 0 saturated carbocycles. The maximum Gasteiger partial charge on any atom is 0.416 e. The summed E-state index contributed by atoms with van der Waals surface area (Å²) in [5.41, 5.74) is 0.691. The highest BCUT2D eigenvalue weighted by Crippen LogP contribution is 2.43. The molecular weight excluding hydrogens is 405 g/mol. The summed E-state index contributed by atoms with van der Waals surface area (Å²) in [5.74, 6) is -0.349. The Balaban J connectivity index is 2.15. The van der Waals surface area contributed by atoms with Crippen molar-refractivity contribution in [3.8, 4) is 5.75 Å². The number of likely N-dealkylation sites (N-methyl/N-ethyl adjacent to an activating group) is 1. The van der Waals surface area contributed by atoms with Gasteiger partial charge in [0.25, 0.3) is 0 Å². The summed E-state index contributed by atoms with van der Waals surface area (Å²) in [6.45, 7) is 4.08. The van der Waals surface area contributed by atoms with Gasteiger partial charge in [-0.25, -0.2) is 0 Å². The molecule has 0 N–H and O–H groups in total. The number of carbonyl (C=O) groups excluding carboxylic acids is 1. The van der Waals surface area contributed by atoms with E-state index in [1.807, 2.05) is 45.0 Å². The van der Waals surface area contributed by atoms with Crippen LogP contribution in [0.25, 0.3) is 0 Å². The summed E-state index contributed by atoms with van der Waals surface area (Å²) in [4.78, 5) is 17.0. The summed E-state index contributed by atoms with van der Waals surface area (Å²) in [6, 6.07) is 11.3. The van der Waals surface area contributed by atoms with E-state index in [9.17, 15) is 18.0 Å². The number of ether oxygens (including phenoxy) is 1. The van der Waals surface area contributed by atoms with E-state index in [1.165, 1.54) is 6.07 Å². The normalized spacial score (nSPS) is 20.4. The zero-order valence-electron chi connectivity index (χ0n) is 18.5. The monoisotopic (exact) mass is 434 g/mol. The Kier molecular flexibility index (Phi) is 6.65. The first-order chi connectivity index (χ1) is 14.5. The Bertz CT molecular complexity index is 925. The minimum atomic E-state index is -4.49. The second-order valence-electron chi connectivity index (χ2n) is 8.43. The molecule has 2 aromatic carbocycles. The fraction of sp³-hybridized carbons (Fsp3) is 0.458. The molecule has 0 spiro atoms. The smallest absolute Gasteiger partial charge is 0.416 e. The maximum atomic E-state index is 13.9. The van der Waals surface area contributed by atoms with E-state index in [0.29, 0.717) is 18.0 Å². The van der Waals surface area contributed by atoms with E-state index in [0.717, 1.165) is 11.6 Å². The molecule has 2 aromatic rings. The first-order valence-corrected chi connectivity index (χ1v) is 10.4. The van der Waals surface area contributed by atoms with Gasteiger partial charge in [0, 0.05) is 24.2 Å². The molecule has 3 atom stereocenters. The van der Waals surface area contributed by atoms with Crippen molar-refractivity contribution in [1.29, 1.82) is 0 Å². The van der Waals surface area contributed by atoms with Crippen LogP contribution in [0.2, 0.25) is 0 Å². The molecule has 1 heterocycles. The van der Waals surface area contributed by atoms with Gasteiger partial charge in [-0.3, -0.25) is 4.79 Å². The van der Waals surface area contributed by atoms with Crippen LogP contribution in [0.3, 0.4) is 0 Å². The topological polar surface area (TPSA) is 32.8 Å². The van der Waals surface area contributed by atoms with Crippen LogP contribution in [0.1, 0.15) is 36.5 Å². The lowest BCUT2D eigenvalue weighted by Gasteiger charge is -2.31. The third-order valence-electron chi connectivity index (χ3n) is 6.30. The average Bonchev–Trinajstić information content (AvgIpc) is 2.83. The van der Waals surface area contributed by atoms with Crippen LogP contribution in [0.15, 0.2) is 42.5 Å². The molecule has 0 bridgehead atoms. The number of carbonyl (C=O) groups is 1. The Hall–Kier alpha value is -2.54. The van der Waals surface area contributed by atoms with Gasteiger partial charge in [-0.15, -0.1) is 0 Å². The fourth-order valence-electron chi connectivity index (χ4n) is 4.11. The van der Waals surface area contributed by atoms with E-state index in [1.54, 1.807) is 30.2 Å². The van der Waals surface area contributed by atoms with Crippen LogP contribution in [0.4, 0.5) is 18.9 Å². The van der Waals surface area contributed by atoms with E-state index >= 15 is 0 Å². The van der Waals surface area contributed by atoms with Crippen LogP contribution in [-0.4, -0.2) is 44.6 Å². The highest BCUT2D eigenvalue weighted by atomic mass is 19.4. The second kappa shape index (κ2) is 8.91. The van der Waals surface area contributed by atoms with Crippen LogP contribution < -0.4 is 9.64 Å². The molecule has 1 aliphatic heterocycles. The molecular formula is C24H29F3N2O2. The summed E-state index contributed by atoms with van der Waals surface area (Å²) >= 11 is 0. The number of anilines is 1. The standard InChI is InChI=1S/C24H29F3N2O2/c1-15(28(3)4)14-29-22-8-6-7-21(24(25,26)27)20(22)13-19(16(2)23(29)30)17-9-11-18(31-5)12-10-17/h6-12,15-16,19H,13-14H2,1-5H3/t15?,16-,19-/m0/s1. The number of amides is 1. The third kappa shape index (κ3) is 4.71. The number of nitrogens with zero attached hydrogens (tertiary/aromatic N) is 2. The molecule has 1 amide bonds. The quantitative estimate of drug-likeness (QED) is 0.666. The summed E-state index contributed by atoms with van der Waals surface area (Å²) in [6.07, 6.45) is -4.36. The van der Waals surface area contributed by atoms with Gasteiger partial charge in [-0.2, -0.15) is 13.2 Å². The molecule has 1 aliphatic rings. The summed E-state index contributed by atoms with van der Waals surface area (Å²) in [5, 5.41) is 0. The number of hydrogen-bond acceptors (Lipinski definition) is 3. The molecule has 0 radical (unpaired) electrons. The van der Waals surface area contributed by atoms with Gasteiger partial charge in [-0.1, -0.05) is 25.1 Å². The Morgan fingerprint density at radius 3 is 2.35 bits per heavy atom. The minimum Gasteiger partial charge on any atom is -0.497 e. The second-order valence-corrected chi connectivity index (χ2v) is 8.43. The largest absolute Gasteiger partial charge is 0.497 e. The molecule has 0 aliphatic carbocycles. The van der Waals surface area contributed by atoms with Crippen molar-refractivity contribution in [2.24, 2.45) is 5.92 Å². The minimum absolute atomic E-state index is 0.0175. The van der Waals surface area contributed by atoms with Crippen LogP contribution in [0, 0.1) is 5.92 Å². The number of hydrogen-bond donors (Lipinski definition) is 0. The summed E-state index contributed by atoms with van der Waals surface area (Å²) < 4.78 is 47.0. The zero-order valence-corrected chi connectivity index (χ0v) is 18.5. The lowest BCUT2D eigenvalue weighted by Crippen LogP contribution is -2.44. The van der Waals surface area contributed by atoms with Crippen molar-refractivity contribution < 1.29 is 22.7 Å². The van der Waals surface area contributed by atoms with Gasteiger partial charge >= 0.3 is 6.18 Å². The van der Waals surface area contributed by atoms with E-state index < -0.39 is 17.7 Å². The van der Waals surface area contributed by atoms with Gasteiger partial charge in [0.1, 0.15) is 5.75 Å². The molecule has 4 nitrogen and oxygen atoms in total. The van der Waals surface area contributed by atoms with Crippen LogP contribution >= 0.6 is 0 Å². The first-order valence-electron chi connectivity index (χ1n) is 10.4. The molecule has 0 fully saturated rings. The molecule has 7 heteroatoms. The Morgan fingerprint density at radius 1 is 1.16 bits per heavy atom. The van der Waals surface area contributed by atoms with Gasteiger partial charge in [0.05, 0.1) is 12.7 Å². The summed E-state index contributed by atoms with van der Waals surface area (Å²) in [7, 11) is 5.34. The van der Waals surface area contributed by atoms with Gasteiger partial charge in [0.15, 0.2) is 0 Å². The lowest BCUT2D eigenvalue weighted by molar-refractivity contribution is -0.138. The highest BCUT2D eigenvalue weighted by Gasteiger charge is 2.41.